The lowest BCUT2D eigenvalue weighted by molar-refractivity contribution is -0.114. The maximum Gasteiger partial charge on any atom is 0.271 e. The van der Waals surface area contributed by atoms with Crippen molar-refractivity contribution in [1.29, 1.82) is 0 Å². The van der Waals surface area contributed by atoms with Crippen LogP contribution in [-0.4, -0.2) is 127 Å². The number of nitrogens with zero attached hydrogens (tertiary/aromatic N) is 9. The van der Waals surface area contributed by atoms with Gasteiger partial charge < -0.3 is 34.9 Å². The van der Waals surface area contributed by atoms with E-state index in [-0.39, 0.29) is 57.4 Å². The summed E-state index contributed by atoms with van der Waals surface area (Å²) in [5, 5.41) is 38.2. The van der Waals surface area contributed by atoms with Gasteiger partial charge in [-0.25, -0.2) is 8.42 Å². The van der Waals surface area contributed by atoms with Gasteiger partial charge in [0.05, 0.1) is 63.1 Å². The highest BCUT2D eigenvalue weighted by atomic mass is 32.2. The van der Waals surface area contributed by atoms with E-state index in [9.17, 15) is 22.8 Å². The third-order valence-corrected chi connectivity index (χ3v) is 20.3. The number of para-hydroxylation sites is 1. The molecule has 6 aromatic heterocycles. The number of thiophene rings is 3. The van der Waals surface area contributed by atoms with Gasteiger partial charge in [0.25, 0.3) is 10.0 Å². The Labute approximate surface area is 506 Å². The number of ether oxygens (including phenoxy) is 4. The molecule has 28 heteroatoms. The number of benzene rings is 4. The average Bonchev–Trinajstić information content (AvgIpc) is 4.54. The van der Waals surface area contributed by atoms with E-state index in [4.69, 9.17) is 18.9 Å². The molecule has 21 nitrogen and oxygen atoms in total. The number of carbonyl (C=O) groups excluding carboxylic acids is 3. The van der Waals surface area contributed by atoms with Crippen LogP contribution in [0, 0.1) is 0 Å². The molecule has 1 aliphatic rings. The van der Waals surface area contributed by atoms with Gasteiger partial charge >= 0.3 is 0 Å². The molecule has 430 valence electrons. The van der Waals surface area contributed by atoms with Crippen LogP contribution in [0.4, 0.5) is 17.1 Å². The summed E-state index contributed by atoms with van der Waals surface area (Å²) in [6, 6.07) is 43.8. The van der Waals surface area contributed by atoms with Gasteiger partial charge in [-0.1, -0.05) is 102 Å². The molecule has 10 aromatic rings. The summed E-state index contributed by atoms with van der Waals surface area (Å²) in [7, 11) is -0.984. The Morgan fingerprint density at radius 3 is 1.54 bits per heavy atom. The van der Waals surface area contributed by atoms with Gasteiger partial charge in [0.1, 0.15) is 0 Å². The molecule has 0 radical (unpaired) electrons. The quantitative estimate of drug-likeness (QED) is 0.0355. The Kier molecular flexibility index (Phi) is 18.9. The number of thioether (sulfide) groups is 3. The van der Waals surface area contributed by atoms with Gasteiger partial charge in [-0.2, -0.15) is 3.97 Å². The Bertz CT molecular complexity index is 3980. The summed E-state index contributed by atoms with van der Waals surface area (Å²) in [6.45, 7) is 1.59. The van der Waals surface area contributed by atoms with Crippen molar-refractivity contribution in [3.63, 3.8) is 0 Å². The molecule has 0 atom stereocenters. The van der Waals surface area contributed by atoms with E-state index in [0.29, 0.717) is 63.7 Å². The van der Waals surface area contributed by atoms with E-state index >= 15 is 0 Å². The van der Waals surface area contributed by atoms with Crippen LogP contribution in [0.25, 0.3) is 53.0 Å². The van der Waals surface area contributed by atoms with Gasteiger partial charge in [-0.05, 0) is 95.4 Å². The Morgan fingerprint density at radius 1 is 0.548 bits per heavy atom. The predicted octanol–water partition coefficient (Wildman–Crippen LogP) is 10.4. The lowest BCUT2D eigenvalue weighted by Crippen LogP contribution is -2.22. The summed E-state index contributed by atoms with van der Waals surface area (Å²) in [6.07, 6.45) is -1.10. The number of aromatic nitrogens is 9. The van der Waals surface area contributed by atoms with Crippen LogP contribution in [-0.2, 0) is 56.4 Å². The fraction of sp³-hybridized carbons (Fsp3) is 0.196. The van der Waals surface area contributed by atoms with Gasteiger partial charge in [0.2, 0.25) is 22.9 Å². The van der Waals surface area contributed by atoms with Crippen molar-refractivity contribution in [3.05, 3.63) is 151 Å². The van der Waals surface area contributed by atoms with Crippen LogP contribution in [0.3, 0.4) is 0 Å². The molecule has 11 rings (SSSR count). The van der Waals surface area contributed by atoms with Crippen molar-refractivity contribution in [2.75, 3.05) is 60.6 Å². The molecule has 1 aliphatic heterocycles. The number of carbonyl (C=O) groups is 3. The van der Waals surface area contributed by atoms with Gasteiger partial charge in [-0.15, -0.1) is 64.6 Å². The molecule has 0 unspecified atom stereocenters. The van der Waals surface area contributed by atoms with E-state index in [2.05, 4.69) is 46.5 Å². The monoisotopic (exact) mass is 1260 g/mol. The van der Waals surface area contributed by atoms with Crippen LogP contribution in [0.1, 0.15) is 0 Å². The summed E-state index contributed by atoms with van der Waals surface area (Å²) >= 11 is 7.87. The zero-order valence-corrected chi connectivity index (χ0v) is 50.3. The molecule has 4 aromatic carbocycles. The predicted molar refractivity (Wildman–Crippen MR) is 328 cm³/mol. The summed E-state index contributed by atoms with van der Waals surface area (Å²) in [4.78, 5) is 43.8. The van der Waals surface area contributed by atoms with Crippen LogP contribution in [0.2, 0.25) is 0 Å². The molecule has 1 fully saturated rings. The number of rotatable bonds is 25. The summed E-state index contributed by atoms with van der Waals surface area (Å²) in [5.74, 6) is 0.664. The van der Waals surface area contributed by atoms with Gasteiger partial charge in [0.15, 0.2) is 40.4 Å². The minimum Gasteiger partial charge on any atom is -0.354 e. The fourth-order valence-corrected chi connectivity index (χ4v) is 15.2. The van der Waals surface area contributed by atoms with Crippen molar-refractivity contribution in [3.8, 4) is 53.0 Å². The number of methoxy groups -OCH3 is 2. The second-order valence-corrected chi connectivity index (χ2v) is 25.9. The zero-order valence-electron chi connectivity index (χ0n) is 44.6. The Hall–Kier alpha value is -7.35. The first-order valence-electron chi connectivity index (χ1n) is 25.7. The van der Waals surface area contributed by atoms with Crippen molar-refractivity contribution < 1.29 is 41.7 Å². The summed E-state index contributed by atoms with van der Waals surface area (Å²) in [5.41, 5.74) is 3.73. The molecule has 0 spiro atoms. The van der Waals surface area contributed by atoms with E-state index < -0.39 is 22.6 Å². The maximum absolute atomic E-state index is 13.8. The number of hydrogen-bond acceptors (Lipinski definition) is 21. The van der Waals surface area contributed by atoms with Gasteiger partial charge in [-0.3, -0.25) is 23.5 Å². The highest BCUT2D eigenvalue weighted by molar-refractivity contribution is 8.00. The van der Waals surface area contributed by atoms with Crippen molar-refractivity contribution >= 4 is 114 Å². The molecule has 0 saturated carbocycles. The van der Waals surface area contributed by atoms with Crippen LogP contribution < -0.4 is 16.0 Å². The highest BCUT2D eigenvalue weighted by Crippen LogP contribution is 2.38. The first-order valence-corrected chi connectivity index (χ1v) is 32.6. The average molecular weight is 1260 g/mol. The molecule has 0 bridgehead atoms. The summed E-state index contributed by atoms with van der Waals surface area (Å²) < 4.78 is 55.3. The second-order valence-electron chi connectivity index (χ2n) is 18.1. The first kappa shape index (κ1) is 58.4. The van der Waals surface area contributed by atoms with E-state index in [1.165, 1.54) is 58.3 Å². The van der Waals surface area contributed by atoms with E-state index in [0.717, 1.165) is 46.4 Å². The molecule has 3 amide bonds. The number of amides is 3. The largest absolute Gasteiger partial charge is 0.354 e. The molecule has 3 N–H and O–H groups in total. The smallest absolute Gasteiger partial charge is 0.271 e. The van der Waals surface area contributed by atoms with Crippen LogP contribution in [0.15, 0.2) is 171 Å². The van der Waals surface area contributed by atoms with Crippen molar-refractivity contribution in [2.45, 2.75) is 46.0 Å². The molecule has 84 heavy (non-hydrogen) atoms. The minimum absolute atomic E-state index is 0.0416. The maximum atomic E-state index is 13.8. The standard InChI is InChI=1S/C56H50N12O9S7/c1-74-49(75-2)30-66-51(44-25-23-41(82-44)35-17-21-39(22-18-35)59-48(71)34-81-56-65-62-53(43-14-9-29-78-43)68(56)84(72,73)40-12-7-4-8-13-40)60-63-54(66)79-33-47(70)58-38-19-15-36(16-20-38)42-24-26-45(83-42)52-61-64-55(67(52)31-50-76-27-28-77-50)80-32-46(69)57-37-10-5-3-6-11-37/h3-26,29,49-50H,27-28,30-34H2,1-2H3,(H,57,69)(H,58,70)(H,59,71). The SMILES string of the molecule is COC(Cn1c(SCC(=O)Nc2ccc(-c3ccc(-c4nnc(SCC(=O)Nc5ccccc5)n4CC4OCCO4)s3)cc2)nnc1-c1ccc(-c2ccc(NC(=O)CSc3nnc(-c4cccs4)n3S(=O)(=O)c3ccccc3)cc2)s1)OC. The molecular formula is C56H50N12O9S7. The molecular weight excluding hydrogens is 1210 g/mol. The number of anilines is 3. The minimum atomic E-state index is -4.08. The van der Waals surface area contributed by atoms with E-state index in [1.807, 2.05) is 106 Å². The Balaban J connectivity index is 0.703. The normalized spacial score (nSPS) is 12.8. The van der Waals surface area contributed by atoms with Crippen LogP contribution in [0.5, 0.6) is 0 Å². The Morgan fingerprint density at radius 2 is 1.01 bits per heavy atom. The molecule has 1 saturated heterocycles. The third kappa shape index (κ3) is 13.9. The zero-order chi connectivity index (χ0) is 58.0. The fourth-order valence-electron chi connectivity index (χ4n) is 8.52. The van der Waals surface area contributed by atoms with Gasteiger partial charge in [0, 0.05) is 41.0 Å². The third-order valence-electron chi connectivity index (χ3n) is 12.5. The molecule has 7 heterocycles. The second kappa shape index (κ2) is 27.1. The van der Waals surface area contributed by atoms with E-state index in [1.54, 1.807) is 68.0 Å². The lowest BCUT2D eigenvalue weighted by atomic mass is 10.2. The lowest BCUT2D eigenvalue weighted by Gasteiger charge is -2.16. The van der Waals surface area contributed by atoms with Crippen LogP contribution >= 0.6 is 69.3 Å². The molecule has 0 aliphatic carbocycles. The van der Waals surface area contributed by atoms with Crippen molar-refractivity contribution in [1.82, 2.24) is 43.7 Å². The number of nitrogens with one attached hydrogen (secondary N) is 3. The van der Waals surface area contributed by atoms with Crippen molar-refractivity contribution in [2.24, 2.45) is 0 Å². The first-order chi connectivity index (χ1) is 41.0. The number of hydrogen-bond donors (Lipinski definition) is 3. The topological polar surface area (TPSA) is 250 Å². The highest BCUT2D eigenvalue weighted by Gasteiger charge is 2.29.